The zero-order chi connectivity index (χ0) is 18.2. The molecule has 1 heterocycles. The van der Waals surface area contributed by atoms with E-state index in [1.54, 1.807) is 12.1 Å². The molecule has 2 N–H and O–H groups in total. The molecule has 0 fully saturated rings. The molecule has 8 heteroatoms. The van der Waals surface area contributed by atoms with E-state index in [1.807, 2.05) is 0 Å². The molecule has 2 amide bonds. The number of carbonyl (C=O) groups is 3. The highest BCUT2D eigenvalue weighted by molar-refractivity contribution is 5.96. The summed E-state index contributed by atoms with van der Waals surface area (Å²) >= 11 is 0. The Bertz CT molecular complexity index is 745. The van der Waals surface area contributed by atoms with Gasteiger partial charge in [0, 0.05) is 0 Å². The number of rotatable bonds is 7. The monoisotopic (exact) mass is 348 g/mol. The van der Waals surface area contributed by atoms with E-state index < -0.39 is 36.2 Å². The molecule has 0 saturated heterocycles. The fraction of sp³-hybridized carbons (Fsp3) is 0.235. The van der Waals surface area contributed by atoms with Crippen molar-refractivity contribution in [2.24, 2.45) is 0 Å². The van der Waals surface area contributed by atoms with Crippen LogP contribution in [0, 0.1) is 5.82 Å². The Kier molecular flexibility index (Phi) is 6.27. The molecule has 7 nitrogen and oxygen atoms in total. The van der Waals surface area contributed by atoms with Crippen molar-refractivity contribution in [3.8, 4) is 0 Å². The Labute approximate surface area is 143 Å². The summed E-state index contributed by atoms with van der Waals surface area (Å²) in [7, 11) is 0. The van der Waals surface area contributed by atoms with E-state index in [9.17, 15) is 18.8 Å². The Balaban J connectivity index is 1.74. The average molecular weight is 348 g/mol. The van der Waals surface area contributed by atoms with Crippen LogP contribution >= 0.6 is 0 Å². The molecule has 0 spiro atoms. The smallest absolute Gasteiger partial charge is 0.326 e. The van der Waals surface area contributed by atoms with E-state index in [0.717, 1.165) is 6.07 Å². The Hall–Kier alpha value is -3.16. The van der Waals surface area contributed by atoms with Gasteiger partial charge in [-0.05, 0) is 31.2 Å². The molecule has 0 aliphatic rings. The lowest BCUT2D eigenvalue weighted by Crippen LogP contribution is -2.38. The third-order valence-corrected chi connectivity index (χ3v) is 3.21. The normalized spacial score (nSPS) is 11.4. The van der Waals surface area contributed by atoms with Crippen molar-refractivity contribution in [3.05, 3.63) is 59.8 Å². The Morgan fingerprint density at radius 3 is 2.60 bits per heavy atom. The van der Waals surface area contributed by atoms with Crippen LogP contribution in [0.3, 0.4) is 0 Å². The minimum absolute atomic E-state index is 0.164. The number of esters is 1. The summed E-state index contributed by atoms with van der Waals surface area (Å²) in [6.07, 6.45) is 0.427. The summed E-state index contributed by atoms with van der Waals surface area (Å²) in [4.78, 5) is 35.3. The predicted octanol–water partition coefficient (Wildman–Crippen LogP) is 1.40. The molecule has 1 aromatic heterocycles. The topological polar surface area (TPSA) is 97.6 Å². The van der Waals surface area contributed by atoms with Crippen molar-refractivity contribution in [1.82, 2.24) is 10.6 Å². The number of ether oxygens (including phenoxy) is 1. The molecule has 25 heavy (non-hydrogen) atoms. The van der Waals surface area contributed by atoms with Gasteiger partial charge in [-0.1, -0.05) is 12.1 Å². The zero-order valence-electron chi connectivity index (χ0n) is 13.5. The molecule has 0 radical (unpaired) electrons. The summed E-state index contributed by atoms with van der Waals surface area (Å²) in [6, 6.07) is 8.75. The zero-order valence-corrected chi connectivity index (χ0v) is 13.5. The molecular formula is C17H17FN2O5. The van der Waals surface area contributed by atoms with E-state index in [-0.39, 0.29) is 12.1 Å². The number of furan rings is 1. The van der Waals surface area contributed by atoms with Crippen LogP contribution < -0.4 is 10.6 Å². The van der Waals surface area contributed by atoms with Crippen LogP contribution in [0.25, 0.3) is 0 Å². The summed E-state index contributed by atoms with van der Waals surface area (Å²) in [5, 5.41) is 4.78. The van der Waals surface area contributed by atoms with Crippen molar-refractivity contribution in [3.63, 3.8) is 0 Å². The maximum atomic E-state index is 13.4. The Morgan fingerprint density at radius 1 is 1.16 bits per heavy atom. The van der Waals surface area contributed by atoms with Gasteiger partial charge in [-0.15, -0.1) is 0 Å². The second kappa shape index (κ2) is 8.62. The number of hydrogen-bond donors (Lipinski definition) is 2. The van der Waals surface area contributed by atoms with Gasteiger partial charge in [-0.25, -0.2) is 4.39 Å². The van der Waals surface area contributed by atoms with Gasteiger partial charge in [-0.2, -0.15) is 0 Å². The quantitative estimate of drug-likeness (QED) is 0.737. The van der Waals surface area contributed by atoms with E-state index in [0.29, 0.717) is 5.76 Å². The maximum absolute atomic E-state index is 13.4. The molecule has 0 saturated carbocycles. The lowest BCUT2D eigenvalue weighted by molar-refractivity contribution is -0.153. The Morgan fingerprint density at radius 2 is 1.92 bits per heavy atom. The third-order valence-electron chi connectivity index (χ3n) is 3.21. The first kappa shape index (κ1) is 18.2. The SMILES string of the molecule is C[C@@H](OC(=O)CNC(=O)c1ccccc1F)C(=O)NCc1ccco1. The van der Waals surface area contributed by atoms with Crippen molar-refractivity contribution >= 4 is 17.8 Å². The highest BCUT2D eigenvalue weighted by Crippen LogP contribution is 2.05. The molecule has 0 unspecified atom stereocenters. The largest absolute Gasteiger partial charge is 0.467 e. The van der Waals surface area contributed by atoms with Crippen LogP contribution in [0.5, 0.6) is 0 Å². The van der Waals surface area contributed by atoms with Crippen molar-refractivity contribution < 1.29 is 27.9 Å². The van der Waals surface area contributed by atoms with Crippen LogP contribution in [-0.4, -0.2) is 30.4 Å². The van der Waals surface area contributed by atoms with E-state index in [1.165, 1.54) is 31.4 Å². The molecule has 1 atom stereocenters. The van der Waals surface area contributed by atoms with Crippen molar-refractivity contribution in [2.45, 2.75) is 19.6 Å². The first-order valence-corrected chi connectivity index (χ1v) is 7.49. The molecule has 0 bridgehead atoms. The van der Waals surface area contributed by atoms with Crippen LogP contribution in [0.4, 0.5) is 4.39 Å². The van der Waals surface area contributed by atoms with Gasteiger partial charge in [0.2, 0.25) is 0 Å². The second-order valence-electron chi connectivity index (χ2n) is 5.09. The number of carbonyl (C=O) groups excluding carboxylic acids is 3. The summed E-state index contributed by atoms with van der Waals surface area (Å²) in [5.41, 5.74) is -0.181. The predicted molar refractivity (Wildman–Crippen MR) is 84.8 cm³/mol. The standard InChI is InChI=1S/C17H17FN2O5/c1-11(16(22)19-9-12-5-4-8-24-12)25-15(21)10-20-17(23)13-6-2-3-7-14(13)18/h2-8,11H,9-10H2,1H3,(H,19,22)(H,20,23)/t11-/m1/s1. The van der Waals surface area contributed by atoms with Gasteiger partial charge in [0.15, 0.2) is 6.10 Å². The van der Waals surface area contributed by atoms with Crippen LogP contribution in [-0.2, 0) is 20.9 Å². The minimum Gasteiger partial charge on any atom is -0.467 e. The summed E-state index contributed by atoms with van der Waals surface area (Å²) in [5.74, 6) is -2.21. The maximum Gasteiger partial charge on any atom is 0.326 e. The van der Waals surface area contributed by atoms with Gasteiger partial charge in [-0.3, -0.25) is 14.4 Å². The summed E-state index contributed by atoms with van der Waals surface area (Å²) in [6.45, 7) is 1.08. The van der Waals surface area contributed by atoms with Crippen LogP contribution in [0.15, 0.2) is 47.1 Å². The fourth-order valence-corrected chi connectivity index (χ4v) is 1.92. The molecule has 0 aliphatic carbocycles. The molecular weight excluding hydrogens is 331 g/mol. The van der Waals surface area contributed by atoms with E-state index in [2.05, 4.69) is 10.6 Å². The van der Waals surface area contributed by atoms with Gasteiger partial charge >= 0.3 is 5.97 Å². The molecule has 0 aliphatic heterocycles. The molecule has 1 aromatic carbocycles. The van der Waals surface area contributed by atoms with E-state index >= 15 is 0 Å². The molecule has 132 valence electrons. The number of benzene rings is 1. The molecule has 2 rings (SSSR count). The van der Waals surface area contributed by atoms with Crippen molar-refractivity contribution in [2.75, 3.05) is 6.54 Å². The lowest BCUT2D eigenvalue weighted by Gasteiger charge is -2.13. The lowest BCUT2D eigenvalue weighted by atomic mass is 10.2. The first-order valence-electron chi connectivity index (χ1n) is 7.49. The summed E-state index contributed by atoms with van der Waals surface area (Å²) < 4.78 is 23.4. The van der Waals surface area contributed by atoms with Gasteiger partial charge in [0.25, 0.3) is 11.8 Å². The second-order valence-corrected chi connectivity index (χ2v) is 5.09. The van der Waals surface area contributed by atoms with Gasteiger partial charge in [0.05, 0.1) is 18.4 Å². The average Bonchev–Trinajstić information content (AvgIpc) is 3.11. The minimum atomic E-state index is -1.05. The first-order chi connectivity index (χ1) is 12.0. The highest BCUT2D eigenvalue weighted by atomic mass is 19.1. The van der Waals surface area contributed by atoms with Crippen LogP contribution in [0.2, 0.25) is 0 Å². The number of halogens is 1. The molecule has 2 aromatic rings. The number of nitrogens with one attached hydrogen (secondary N) is 2. The van der Waals surface area contributed by atoms with Crippen molar-refractivity contribution in [1.29, 1.82) is 0 Å². The number of amides is 2. The van der Waals surface area contributed by atoms with Gasteiger partial charge < -0.3 is 19.8 Å². The van der Waals surface area contributed by atoms with Gasteiger partial charge in [0.1, 0.15) is 18.1 Å². The fourth-order valence-electron chi connectivity index (χ4n) is 1.92. The third kappa shape index (κ3) is 5.45. The number of hydrogen-bond acceptors (Lipinski definition) is 5. The van der Waals surface area contributed by atoms with E-state index in [4.69, 9.17) is 9.15 Å². The van der Waals surface area contributed by atoms with Crippen LogP contribution in [0.1, 0.15) is 23.0 Å². The highest BCUT2D eigenvalue weighted by Gasteiger charge is 2.19.